The van der Waals surface area contributed by atoms with E-state index in [9.17, 15) is 4.79 Å². The lowest BCUT2D eigenvalue weighted by Crippen LogP contribution is -2.27. The van der Waals surface area contributed by atoms with E-state index in [4.69, 9.17) is 0 Å². The first-order valence-corrected chi connectivity index (χ1v) is 7.76. The molecule has 1 aromatic heterocycles. The van der Waals surface area contributed by atoms with E-state index in [0.717, 1.165) is 11.3 Å². The van der Waals surface area contributed by atoms with Crippen LogP contribution in [0.15, 0.2) is 79.1 Å². The Labute approximate surface area is 136 Å². The quantitative estimate of drug-likeness (QED) is 0.752. The molecule has 0 fully saturated rings. The Bertz CT molecular complexity index is 746. The van der Waals surface area contributed by atoms with E-state index in [0.29, 0.717) is 6.42 Å². The lowest BCUT2D eigenvalue weighted by molar-refractivity contribution is -0.119. The first-order chi connectivity index (χ1) is 11.2. The van der Waals surface area contributed by atoms with Crippen molar-refractivity contribution >= 4 is 11.6 Å². The number of anilines is 1. The predicted molar refractivity (Wildman–Crippen MR) is 93.4 cm³/mol. The summed E-state index contributed by atoms with van der Waals surface area (Å²) in [5.41, 5.74) is 3.14. The summed E-state index contributed by atoms with van der Waals surface area (Å²) in [6, 6.07) is 21.6. The second-order valence-corrected chi connectivity index (χ2v) is 5.69. The first-order valence-electron chi connectivity index (χ1n) is 7.76. The van der Waals surface area contributed by atoms with Gasteiger partial charge in [-0.3, -0.25) is 4.79 Å². The minimum Gasteiger partial charge on any atom is -0.342 e. The smallest absolute Gasteiger partial charge is 0.247 e. The fraction of sp³-hybridized carbons (Fsp3) is 0.150. The van der Waals surface area contributed by atoms with Crippen LogP contribution in [0, 0.1) is 6.92 Å². The molecule has 0 unspecified atom stereocenters. The van der Waals surface area contributed by atoms with Crippen molar-refractivity contribution in [1.29, 1.82) is 0 Å². The summed E-state index contributed by atoms with van der Waals surface area (Å²) in [6.45, 7) is 2.03. The van der Waals surface area contributed by atoms with Gasteiger partial charge in [0.05, 0.1) is 0 Å². The number of rotatable bonds is 5. The van der Waals surface area contributed by atoms with Crippen molar-refractivity contribution < 1.29 is 4.79 Å². The number of benzene rings is 2. The van der Waals surface area contributed by atoms with Gasteiger partial charge in [-0.05, 0) is 36.8 Å². The lowest BCUT2D eigenvalue weighted by Gasteiger charge is -2.19. The van der Waals surface area contributed by atoms with Gasteiger partial charge < -0.3 is 9.88 Å². The minimum atomic E-state index is -0.270. The predicted octanol–water partition coefficient (Wildman–Crippen LogP) is 4.22. The van der Waals surface area contributed by atoms with Crippen LogP contribution in [0.2, 0.25) is 0 Å². The molecular weight excluding hydrogens is 284 g/mol. The highest BCUT2D eigenvalue weighted by molar-refractivity contribution is 5.93. The van der Waals surface area contributed by atoms with Gasteiger partial charge in [-0.1, -0.05) is 48.0 Å². The molecule has 3 aromatic rings. The monoisotopic (exact) mass is 304 g/mol. The number of nitrogens with zero attached hydrogens (tertiary/aromatic N) is 1. The summed E-state index contributed by atoms with van der Waals surface area (Å²) >= 11 is 0. The zero-order valence-electron chi connectivity index (χ0n) is 13.1. The molecule has 0 aliphatic heterocycles. The molecule has 2 aromatic carbocycles. The van der Waals surface area contributed by atoms with E-state index in [1.165, 1.54) is 5.56 Å². The van der Waals surface area contributed by atoms with E-state index in [-0.39, 0.29) is 11.9 Å². The highest BCUT2D eigenvalue weighted by atomic mass is 16.2. The highest BCUT2D eigenvalue weighted by Gasteiger charge is 2.20. The van der Waals surface area contributed by atoms with Crippen LogP contribution < -0.4 is 5.32 Å². The summed E-state index contributed by atoms with van der Waals surface area (Å²) in [5, 5.41) is 3.02. The van der Waals surface area contributed by atoms with Gasteiger partial charge in [-0.25, -0.2) is 0 Å². The number of carbonyl (C=O) groups excluding carboxylic acids is 1. The molecule has 3 nitrogen and oxygen atoms in total. The van der Waals surface area contributed by atoms with Crippen LogP contribution in [0.5, 0.6) is 0 Å². The van der Waals surface area contributed by atoms with Crippen LogP contribution in [-0.4, -0.2) is 10.5 Å². The van der Waals surface area contributed by atoms with E-state index in [1.54, 1.807) is 0 Å². The van der Waals surface area contributed by atoms with Gasteiger partial charge in [-0.15, -0.1) is 0 Å². The molecule has 0 bridgehead atoms. The Kier molecular flexibility index (Phi) is 4.57. The number of amides is 1. The van der Waals surface area contributed by atoms with Gasteiger partial charge in [0, 0.05) is 24.5 Å². The van der Waals surface area contributed by atoms with E-state index in [2.05, 4.69) is 17.4 Å². The molecule has 0 aliphatic rings. The largest absolute Gasteiger partial charge is 0.342 e. The average Bonchev–Trinajstić information content (AvgIpc) is 3.10. The standard InChI is InChI=1S/C20H20N2O/c1-16-9-11-18(12-10-16)21-20(23)19(22-13-5-6-14-22)15-17-7-3-2-4-8-17/h2-14,19H,15H2,1H3,(H,21,23)/t19-/m1/s1. The molecule has 0 radical (unpaired) electrons. The van der Waals surface area contributed by atoms with Crippen molar-refractivity contribution in [2.75, 3.05) is 5.32 Å². The molecule has 0 saturated carbocycles. The Morgan fingerprint density at radius 3 is 2.26 bits per heavy atom. The molecule has 3 heteroatoms. The number of hydrogen-bond acceptors (Lipinski definition) is 1. The molecule has 0 aliphatic carbocycles. The average molecular weight is 304 g/mol. The van der Waals surface area contributed by atoms with Crippen LogP contribution in [0.1, 0.15) is 17.2 Å². The Balaban J connectivity index is 1.80. The molecular formula is C20H20N2O. The van der Waals surface area contributed by atoms with Crippen molar-refractivity contribution in [2.24, 2.45) is 0 Å². The van der Waals surface area contributed by atoms with Gasteiger partial charge in [0.2, 0.25) is 5.91 Å². The van der Waals surface area contributed by atoms with Gasteiger partial charge in [0.15, 0.2) is 0 Å². The SMILES string of the molecule is Cc1ccc(NC(=O)[C@@H](Cc2ccccc2)n2cccc2)cc1. The van der Waals surface area contributed by atoms with Crippen molar-refractivity contribution in [3.05, 3.63) is 90.3 Å². The topological polar surface area (TPSA) is 34.0 Å². The summed E-state index contributed by atoms with van der Waals surface area (Å²) in [5.74, 6) is -0.00564. The number of hydrogen-bond donors (Lipinski definition) is 1. The highest BCUT2D eigenvalue weighted by Crippen LogP contribution is 2.18. The molecule has 1 amide bonds. The number of aryl methyl sites for hydroxylation is 1. The lowest BCUT2D eigenvalue weighted by atomic mass is 10.0. The zero-order valence-corrected chi connectivity index (χ0v) is 13.1. The van der Waals surface area contributed by atoms with Gasteiger partial charge in [0.25, 0.3) is 0 Å². The van der Waals surface area contributed by atoms with Crippen LogP contribution in [0.25, 0.3) is 0 Å². The number of carbonyl (C=O) groups is 1. The Morgan fingerprint density at radius 2 is 1.61 bits per heavy atom. The van der Waals surface area contributed by atoms with Crippen molar-refractivity contribution in [3.8, 4) is 0 Å². The third-order valence-electron chi connectivity index (χ3n) is 3.88. The third-order valence-corrected chi connectivity index (χ3v) is 3.88. The normalized spacial score (nSPS) is 11.9. The second-order valence-electron chi connectivity index (χ2n) is 5.69. The third kappa shape index (κ3) is 3.89. The molecule has 116 valence electrons. The summed E-state index contributed by atoms with van der Waals surface area (Å²) < 4.78 is 1.95. The molecule has 3 rings (SSSR count). The van der Waals surface area contributed by atoms with Gasteiger partial charge in [0.1, 0.15) is 6.04 Å². The van der Waals surface area contributed by atoms with E-state index < -0.39 is 0 Å². The van der Waals surface area contributed by atoms with Gasteiger partial charge >= 0.3 is 0 Å². The van der Waals surface area contributed by atoms with Crippen molar-refractivity contribution in [1.82, 2.24) is 4.57 Å². The molecule has 0 spiro atoms. The Hall–Kier alpha value is -2.81. The van der Waals surface area contributed by atoms with Crippen LogP contribution >= 0.6 is 0 Å². The summed E-state index contributed by atoms with van der Waals surface area (Å²) in [6.07, 6.45) is 4.53. The molecule has 23 heavy (non-hydrogen) atoms. The van der Waals surface area contributed by atoms with E-state index in [1.807, 2.05) is 78.5 Å². The van der Waals surface area contributed by atoms with E-state index >= 15 is 0 Å². The maximum atomic E-state index is 12.8. The van der Waals surface area contributed by atoms with Crippen molar-refractivity contribution in [3.63, 3.8) is 0 Å². The maximum absolute atomic E-state index is 12.8. The fourth-order valence-corrected chi connectivity index (χ4v) is 2.59. The number of aromatic nitrogens is 1. The number of nitrogens with one attached hydrogen (secondary N) is 1. The maximum Gasteiger partial charge on any atom is 0.247 e. The van der Waals surface area contributed by atoms with Crippen LogP contribution in [0.3, 0.4) is 0 Å². The Morgan fingerprint density at radius 1 is 0.957 bits per heavy atom. The minimum absolute atomic E-state index is 0.00564. The summed E-state index contributed by atoms with van der Waals surface area (Å²) in [7, 11) is 0. The van der Waals surface area contributed by atoms with Gasteiger partial charge in [-0.2, -0.15) is 0 Å². The molecule has 1 N–H and O–H groups in total. The second kappa shape index (κ2) is 6.97. The van der Waals surface area contributed by atoms with Crippen LogP contribution in [-0.2, 0) is 11.2 Å². The fourth-order valence-electron chi connectivity index (χ4n) is 2.59. The summed E-state index contributed by atoms with van der Waals surface area (Å²) in [4.78, 5) is 12.8. The van der Waals surface area contributed by atoms with Crippen molar-refractivity contribution in [2.45, 2.75) is 19.4 Å². The first kappa shape index (κ1) is 15.1. The molecule has 0 saturated heterocycles. The van der Waals surface area contributed by atoms with Crippen LogP contribution in [0.4, 0.5) is 5.69 Å². The molecule has 1 atom stereocenters. The molecule has 1 heterocycles. The zero-order chi connectivity index (χ0) is 16.1.